The van der Waals surface area contributed by atoms with Crippen molar-refractivity contribution < 1.29 is 19.1 Å². The second-order valence-corrected chi connectivity index (χ2v) is 2.67. The zero-order chi connectivity index (χ0) is 12.1. The third-order valence-electron chi connectivity index (χ3n) is 1.47. The molecule has 0 saturated carbocycles. The highest BCUT2D eigenvalue weighted by atomic mass is 16.5. The number of methoxy groups -OCH3 is 1. The van der Waals surface area contributed by atoms with Crippen LogP contribution >= 0.6 is 0 Å². The van der Waals surface area contributed by atoms with Crippen molar-refractivity contribution in [2.75, 3.05) is 7.11 Å². The molecule has 0 atom stereocenters. The van der Waals surface area contributed by atoms with E-state index in [9.17, 15) is 14.4 Å². The third-order valence-corrected chi connectivity index (χ3v) is 1.47. The molecule has 0 radical (unpaired) electrons. The number of primary amides is 1. The maximum atomic E-state index is 11.1. The van der Waals surface area contributed by atoms with Gasteiger partial charge in [-0.3, -0.25) is 10.1 Å². The van der Waals surface area contributed by atoms with Gasteiger partial charge in [0.25, 0.3) is 5.82 Å². The fraction of sp³-hybridized carbons (Fsp3) is 0.286. The SMILES string of the molecule is COC(=O)c1ncn(CC(=O)NC(N)=O)n1. The van der Waals surface area contributed by atoms with Crippen LogP contribution in [0.15, 0.2) is 6.33 Å². The molecule has 16 heavy (non-hydrogen) atoms. The minimum atomic E-state index is -0.960. The second-order valence-electron chi connectivity index (χ2n) is 2.67. The van der Waals surface area contributed by atoms with E-state index in [2.05, 4.69) is 14.8 Å². The topological polar surface area (TPSA) is 129 Å². The van der Waals surface area contributed by atoms with Crippen LogP contribution in [0.4, 0.5) is 4.79 Å². The van der Waals surface area contributed by atoms with Gasteiger partial charge in [-0.25, -0.2) is 19.3 Å². The molecular weight excluding hydrogens is 218 g/mol. The first kappa shape index (κ1) is 11.6. The monoisotopic (exact) mass is 227 g/mol. The van der Waals surface area contributed by atoms with Gasteiger partial charge in [-0.1, -0.05) is 0 Å². The molecule has 0 spiro atoms. The van der Waals surface area contributed by atoms with Gasteiger partial charge in [0.15, 0.2) is 0 Å². The molecule has 1 aromatic heterocycles. The molecule has 9 heteroatoms. The van der Waals surface area contributed by atoms with Crippen LogP contribution < -0.4 is 11.1 Å². The predicted molar refractivity (Wildman–Crippen MR) is 49.1 cm³/mol. The number of imide groups is 1. The predicted octanol–water partition coefficient (Wildman–Crippen LogP) is -1.74. The van der Waals surface area contributed by atoms with E-state index in [1.807, 2.05) is 5.32 Å². The van der Waals surface area contributed by atoms with Crippen LogP contribution in [0.5, 0.6) is 0 Å². The molecule has 3 amide bonds. The number of hydrogen-bond donors (Lipinski definition) is 2. The van der Waals surface area contributed by atoms with Crippen molar-refractivity contribution in [2.45, 2.75) is 6.54 Å². The van der Waals surface area contributed by atoms with Crippen LogP contribution in [0.2, 0.25) is 0 Å². The molecule has 0 aliphatic rings. The number of carbonyl (C=O) groups is 3. The van der Waals surface area contributed by atoms with Gasteiger partial charge in [-0.2, -0.15) is 0 Å². The standard InChI is InChI=1S/C7H9N5O4/c1-16-6(14)5-9-3-12(11-5)2-4(13)10-7(8)15/h3H,2H2,1H3,(H3,8,10,13,15). The summed E-state index contributed by atoms with van der Waals surface area (Å²) in [5.41, 5.74) is 4.73. The van der Waals surface area contributed by atoms with Gasteiger partial charge in [0.1, 0.15) is 12.9 Å². The Hall–Kier alpha value is -2.45. The number of rotatable bonds is 3. The van der Waals surface area contributed by atoms with Gasteiger partial charge in [0, 0.05) is 0 Å². The Morgan fingerprint density at radius 2 is 2.25 bits per heavy atom. The third kappa shape index (κ3) is 3.04. The first-order chi connectivity index (χ1) is 7.52. The van der Waals surface area contributed by atoms with Gasteiger partial charge in [0.05, 0.1) is 7.11 Å². The molecule has 9 nitrogen and oxygen atoms in total. The Kier molecular flexibility index (Phi) is 3.53. The van der Waals surface area contributed by atoms with Crippen molar-refractivity contribution in [1.82, 2.24) is 20.1 Å². The molecule has 1 heterocycles. The molecule has 0 fully saturated rings. The Morgan fingerprint density at radius 3 is 2.81 bits per heavy atom. The van der Waals surface area contributed by atoms with Gasteiger partial charge in [0.2, 0.25) is 5.91 Å². The van der Waals surface area contributed by atoms with Crippen molar-refractivity contribution in [3.8, 4) is 0 Å². The summed E-state index contributed by atoms with van der Waals surface area (Å²) in [7, 11) is 1.18. The van der Waals surface area contributed by atoms with Gasteiger partial charge < -0.3 is 10.5 Å². The number of amides is 3. The van der Waals surface area contributed by atoms with Crippen LogP contribution in [0.25, 0.3) is 0 Å². The number of nitrogens with one attached hydrogen (secondary N) is 1. The quantitative estimate of drug-likeness (QED) is 0.589. The average molecular weight is 227 g/mol. The number of esters is 1. The van der Waals surface area contributed by atoms with Crippen LogP contribution in [-0.2, 0) is 16.1 Å². The summed E-state index contributed by atoms with van der Waals surface area (Å²) >= 11 is 0. The van der Waals surface area contributed by atoms with E-state index in [1.54, 1.807) is 0 Å². The maximum absolute atomic E-state index is 11.1. The minimum Gasteiger partial charge on any atom is -0.463 e. The molecule has 3 N–H and O–H groups in total. The summed E-state index contributed by atoms with van der Waals surface area (Å²) in [5, 5.41) is 5.49. The molecule has 0 aliphatic heterocycles. The number of ether oxygens (including phenoxy) is 1. The molecule has 0 saturated heterocycles. The van der Waals surface area contributed by atoms with E-state index in [-0.39, 0.29) is 12.4 Å². The molecule has 0 aliphatic carbocycles. The summed E-state index contributed by atoms with van der Waals surface area (Å²) in [5.74, 6) is -1.54. The highest BCUT2D eigenvalue weighted by molar-refractivity contribution is 5.93. The number of carbonyl (C=O) groups excluding carboxylic acids is 3. The van der Waals surface area contributed by atoms with E-state index < -0.39 is 17.9 Å². The molecular formula is C7H9N5O4. The lowest BCUT2D eigenvalue weighted by molar-refractivity contribution is -0.120. The van der Waals surface area contributed by atoms with Crippen LogP contribution in [-0.4, -0.2) is 39.8 Å². The Balaban J connectivity index is 2.62. The molecule has 0 bridgehead atoms. The van der Waals surface area contributed by atoms with E-state index in [0.717, 1.165) is 11.0 Å². The average Bonchev–Trinajstić information content (AvgIpc) is 2.63. The van der Waals surface area contributed by atoms with Gasteiger partial charge >= 0.3 is 12.0 Å². The number of hydrogen-bond acceptors (Lipinski definition) is 6. The minimum absolute atomic E-state index is 0.172. The Morgan fingerprint density at radius 1 is 1.56 bits per heavy atom. The van der Waals surface area contributed by atoms with Crippen molar-refractivity contribution >= 4 is 17.9 Å². The lowest BCUT2D eigenvalue weighted by atomic mass is 10.6. The fourth-order valence-electron chi connectivity index (χ4n) is 0.880. The van der Waals surface area contributed by atoms with E-state index in [0.29, 0.717) is 0 Å². The summed E-state index contributed by atoms with van der Waals surface area (Å²) in [6.07, 6.45) is 1.16. The summed E-state index contributed by atoms with van der Waals surface area (Å²) < 4.78 is 5.44. The number of nitrogens with two attached hydrogens (primary N) is 1. The smallest absolute Gasteiger partial charge is 0.377 e. The van der Waals surface area contributed by atoms with Crippen molar-refractivity contribution in [3.63, 3.8) is 0 Å². The first-order valence-corrected chi connectivity index (χ1v) is 4.10. The molecule has 1 rings (SSSR count). The zero-order valence-electron chi connectivity index (χ0n) is 8.34. The highest BCUT2D eigenvalue weighted by Crippen LogP contribution is 1.92. The van der Waals surface area contributed by atoms with Crippen LogP contribution in [0, 0.1) is 0 Å². The number of urea groups is 1. The Labute approximate surface area is 89.6 Å². The Bertz CT molecular complexity index is 426. The second kappa shape index (κ2) is 4.87. The normalized spacial score (nSPS) is 9.56. The molecule has 0 unspecified atom stereocenters. The summed E-state index contributed by atoms with van der Waals surface area (Å²) in [6, 6.07) is -0.960. The lowest BCUT2D eigenvalue weighted by Crippen LogP contribution is -2.37. The molecule has 1 aromatic rings. The lowest BCUT2D eigenvalue weighted by Gasteiger charge is -1.99. The zero-order valence-corrected chi connectivity index (χ0v) is 8.34. The summed E-state index contributed by atoms with van der Waals surface area (Å²) in [6.45, 7) is -0.271. The first-order valence-electron chi connectivity index (χ1n) is 4.10. The van der Waals surface area contributed by atoms with Gasteiger partial charge in [-0.15, -0.1) is 5.10 Å². The van der Waals surface area contributed by atoms with Crippen LogP contribution in [0.1, 0.15) is 10.6 Å². The highest BCUT2D eigenvalue weighted by Gasteiger charge is 2.13. The van der Waals surface area contributed by atoms with E-state index in [1.165, 1.54) is 7.11 Å². The van der Waals surface area contributed by atoms with E-state index in [4.69, 9.17) is 5.73 Å². The molecule has 86 valence electrons. The molecule has 0 aromatic carbocycles. The van der Waals surface area contributed by atoms with Gasteiger partial charge in [-0.05, 0) is 0 Å². The van der Waals surface area contributed by atoms with Crippen molar-refractivity contribution in [2.24, 2.45) is 5.73 Å². The summed E-state index contributed by atoms with van der Waals surface area (Å²) in [4.78, 5) is 35.9. The van der Waals surface area contributed by atoms with E-state index >= 15 is 0 Å². The van der Waals surface area contributed by atoms with Crippen LogP contribution in [0.3, 0.4) is 0 Å². The number of aromatic nitrogens is 3. The van der Waals surface area contributed by atoms with Crippen molar-refractivity contribution in [3.05, 3.63) is 12.2 Å². The largest absolute Gasteiger partial charge is 0.463 e. The maximum Gasteiger partial charge on any atom is 0.377 e. The fourth-order valence-corrected chi connectivity index (χ4v) is 0.880. The number of nitrogens with zero attached hydrogens (tertiary/aromatic N) is 3. The van der Waals surface area contributed by atoms with Crippen molar-refractivity contribution in [1.29, 1.82) is 0 Å².